The lowest BCUT2D eigenvalue weighted by atomic mass is 9.77. The Morgan fingerprint density at radius 1 is 1.42 bits per heavy atom. The minimum Gasteiger partial charge on any atom is -0.495 e. The zero-order valence-electron chi connectivity index (χ0n) is 11.3. The lowest BCUT2D eigenvalue weighted by Gasteiger charge is -2.27. The molecule has 0 amide bonds. The predicted octanol–water partition coefficient (Wildman–Crippen LogP) is 3.81. The molecule has 1 aliphatic rings. The second kappa shape index (κ2) is 5.41. The molecule has 104 valence electrons. The fourth-order valence-corrected chi connectivity index (χ4v) is 3.31. The molecule has 1 saturated carbocycles. The van der Waals surface area contributed by atoms with Crippen LogP contribution in [0.3, 0.4) is 0 Å². The second-order valence-electron chi connectivity index (χ2n) is 5.11. The molecule has 4 heteroatoms. The number of hydrogen-bond donors (Lipinski definition) is 1. The summed E-state index contributed by atoms with van der Waals surface area (Å²) in [5.41, 5.74) is 0.956. The van der Waals surface area contributed by atoms with E-state index in [1.54, 1.807) is 7.11 Å². The van der Waals surface area contributed by atoms with Crippen LogP contribution in [-0.2, 0) is 16.6 Å². The molecular formula is C15H19ClO3. The smallest absolute Gasteiger partial charge is 0.314 e. The standard InChI is InChI=1S/C15H19ClO3/c1-3-10-8-11(13(19-2)12(16)9-10)15(14(17)18)6-4-5-7-15/h8-9H,3-7H2,1-2H3,(H,17,18). The molecule has 1 aromatic rings. The van der Waals surface area contributed by atoms with Gasteiger partial charge < -0.3 is 9.84 Å². The van der Waals surface area contributed by atoms with Crippen LogP contribution in [0.1, 0.15) is 43.7 Å². The van der Waals surface area contributed by atoms with Crippen LogP contribution in [-0.4, -0.2) is 18.2 Å². The highest BCUT2D eigenvalue weighted by Crippen LogP contribution is 2.47. The minimum absolute atomic E-state index is 0.504. The molecule has 1 N–H and O–H groups in total. The van der Waals surface area contributed by atoms with Crippen molar-refractivity contribution in [1.82, 2.24) is 0 Å². The summed E-state index contributed by atoms with van der Waals surface area (Å²) >= 11 is 6.24. The van der Waals surface area contributed by atoms with Crippen molar-refractivity contribution in [2.45, 2.75) is 44.4 Å². The molecule has 1 aromatic carbocycles. The van der Waals surface area contributed by atoms with E-state index in [-0.39, 0.29) is 0 Å². The Balaban J connectivity index is 2.64. The van der Waals surface area contributed by atoms with Crippen molar-refractivity contribution in [2.24, 2.45) is 0 Å². The summed E-state index contributed by atoms with van der Waals surface area (Å²) in [5, 5.41) is 10.2. The number of aliphatic carboxylic acids is 1. The van der Waals surface area contributed by atoms with Crippen molar-refractivity contribution >= 4 is 17.6 Å². The highest BCUT2D eigenvalue weighted by atomic mass is 35.5. The molecule has 0 saturated heterocycles. The van der Waals surface area contributed by atoms with Gasteiger partial charge in [-0.1, -0.05) is 37.4 Å². The molecule has 0 atom stereocenters. The lowest BCUT2D eigenvalue weighted by molar-refractivity contribution is -0.143. The molecule has 0 heterocycles. The van der Waals surface area contributed by atoms with Gasteiger partial charge in [-0.2, -0.15) is 0 Å². The van der Waals surface area contributed by atoms with Crippen LogP contribution in [0.2, 0.25) is 5.02 Å². The number of halogens is 1. The van der Waals surface area contributed by atoms with Crippen LogP contribution < -0.4 is 4.74 Å². The number of aryl methyl sites for hydroxylation is 1. The zero-order valence-corrected chi connectivity index (χ0v) is 12.1. The van der Waals surface area contributed by atoms with Crippen LogP contribution in [0.25, 0.3) is 0 Å². The first-order chi connectivity index (χ1) is 9.05. The van der Waals surface area contributed by atoms with Crippen molar-refractivity contribution in [3.63, 3.8) is 0 Å². The Bertz CT molecular complexity index is 490. The third kappa shape index (κ3) is 2.32. The average Bonchev–Trinajstić information content (AvgIpc) is 2.88. The predicted molar refractivity (Wildman–Crippen MR) is 75.2 cm³/mol. The molecule has 0 unspecified atom stereocenters. The first kappa shape index (κ1) is 14.2. The van der Waals surface area contributed by atoms with Gasteiger partial charge >= 0.3 is 5.97 Å². The third-order valence-corrected chi connectivity index (χ3v) is 4.38. The van der Waals surface area contributed by atoms with Gasteiger partial charge in [0, 0.05) is 5.56 Å². The number of benzene rings is 1. The van der Waals surface area contributed by atoms with Gasteiger partial charge in [0.1, 0.15) is 5.75 Å². The van der Waals surface area contributed by atoms with Crippen molar-refractivity contribution in [3.05, 3.63) is 28.3 Å². The highest BCUT2D eigenvalue weighted by molar-refractivity contribution is 6.32. The first-order valence-electron chi connectivity index (χ1n) is 6.65. The van der Waals surface area contributed by atoms with E-state index in [2.05, 4.69) is 0 Å². The largest absolute Gasteiger partial charge is 0.495 e. The average molecular weight is 283 g/mol. The number of carboxylic acid groups (broad SMARTS) is 1. The second-order valence-corrected chi connectivity index (χ2v) is 5.51. The number of rotatable bonds is 4. The summed E-state index contributed by atoms with van der Waals surface area (Å²) in [5.74, 6) is -0.254. The fraction of sp³-hybridized carbons (Fsp3) is 0.533. The van der Waals surface area contributed by atoms with E-state index >= 15 is 0 Å². The molecule has 0 aliphatic heterocycles. The van der Waals surface area contributed by atoms with Crippen LogP contribution >= 0.6 is 11.6 Å². The number of methoxy groups -OCH3 is 1. The van der Waals surface area contributed by atoms with Crippen LogP contribution in [0.4, 0.5) is 0 Å². The van der Waals surface area contributed by atoms with Gasteiger partial charge in [-0.25, -0.2) is 0 Å². The zero-order chi connectivity index (χ0) is 14.0. The van der Waals surface area contributed by atoms with Gasteiger partial charge in [-0.15, -0.1) is 0 Å². The van der Waals surface area contributed by atoms with E-state index in [1.807, 2.05) is 19.1 Å². The van der Waals surface area contributed by atoms with Crippen LogP contribution in [0.15, 0.2) is 12.1 Å². The molecule has 3 nitrogen and oxygen atoms in total. The number of ether oxygens (including phenoxy) is 1. The van der Waals surface area contributed by atoms with Crippen LogP contribution in [0, 0.1) is 0 Å². The quantitative estimate of drug-likeness (QED) is 0.913. The van der Waals surface area contributed by atoms with E-state index in [0.717, 1.165) is 30.4 Å². The molecule has 19 heavy (non-hydrogen) atoms. The van der Waals surface area contributed by atoms with Gasteiger partial charge in [0.15, 0.2) is 0 Å². The summed E-state index contributed by atoms with van der Waals surface area (Å²) in [6.07, 6.45) is 4.00. The molecule has 1 aliphatic carbocycles. The van der Waals surface area contributed by atoms with Gasteiger partial charge in [0.05, 0.1) is 17.5 Å². The van der Waals surface area contributed by atoms with E-state index in [1.165, 1.54) is 0 Å². The number of carboxylic acids is 1. The topological polar surface area (TPSA) is 46.5 Å². The summed E-state index contributed by atoms with van der Waals surface area (Å²) < 4.78 is 5.37. The van der Waals surface area contributed by atoms with Gasteiger partial charge in [-0.05, 0) is 30.9 Å². The Kier molecular flexibility index (Phi) is 4.04. The Labute approximate surface area is 118 Å². The van der Waals surface area contributed by atoms with Gasteiger partial charge in [-0.3, -0.25) is 4.79 Å². The molecule has 1 fully saturated rings. The normalized spacial score (nSPS) is 17.4. The van der Waals surface area contributed by atoms with Crippen molar-refractivity contribution in [1.29, 1.82) is 0 Å². The molecule has 0 spiro atoms. The molecule has 2 rings (SSSR count). The van der Waals surface area contributed by atoms with Gasteiger partial charge in [0.25, 0.3) is 0 Å². The molecular weight excluding hydrogens is 264 g/mol. The Morgan fingerprint density at radius 3 is 2.53 bits per heavy atom. The molecule has 0 radical (unpaired) electrons. The summed E-state index contributed by atoms with van der Waals surface area (Å²) in [6, 6.07) is 3.80. The van der Waals surface area contributed by atoms with Crippen LogP contribution in [0.5, 0.6) is 5.75 Å². The Morgan fingerprint density at radius 2 is 2.05 bits per heavy atom. The maximum absolute atomic E-state index is 11.8. The minimum atomic E-state index is -0.833. The monoisotopic (exact) mass is 282 g/mol. The highest BCUT2D eigenvalue weighted by Gasteiger charge is 2.45. The van der Waals surface area contributed by atoms with E-state index in [4.69, 9.17) is 16.3 Å². The van der Waals surface area contributed by atoms with E-state index in [0.29, 0.717) is 23.6 Å². The maximum atomic E-state index is 11.8. The van der Waals surface area contributed by atoms with E-state index < -0.39 is 11.4 Å². The summed E-state index contributed by atoms with van der Waals surface area (Å²) in [4.78, 5) is 11.8. The van der Waals surface area contributed by atoms with Crippen molar-refractivity contribution < 1.29 is 14.6 Å². The summed E-state index contributed by atoms with van der Waals surface area (Å²) in [6.45, 7) is 2.03. The third-order valence-electron chi connectivity index (χ3n) is 4.10. The van der Waals surface area contributed by atoms with Gasteiger partial charge in [0.2, 0.25) is 0 Å². The van der Waals surface area contributed by atoms with Crippen molar-refractivity contribution in [3.8, 4) is 5.75 Å². The lowest BCUT2D eigenvalue weighted by Crippen LogP contribution is -2.33. The number of hydrogen-bond acceptors (Lipinski definition) is 2. The molecule has 0 aromatic heterocycles. The maximum Gasteiger partial charge on any atom is 0.314 e. The SMILES string of the molecule is CCc1cc(Cl)c(OC)c(C2(C(=O)O)CCCC2)c1. The van der Waals surface area contributed by atoms with E-state index in [9.17, 15) is 9.90 Å². The van der Waals surface area contributed by atoms with Crippen molar-refractivity contribution in [2.75, 3.05) is 7.11 Å². The Hall–Kier alpha value is -1.22. The number of carbonyl (C=O) groups is 1. The molecule has 0 bridgehead atoms. The first-order valence-corrected chi connectivity index (χ1v) is 7.03. The fourth-order valence-electron chi connectivity index (χ4n) is 2.99. The summed E-state index contributed by atoms with van der Waals surface area (Å²) in [7, 11) is 1.54.